The zero-order chi connectivity index (χ0) is 29.9. The van der Waals surface area contributed by atoms with E-state index in [0.29, 0.717) is 24.5 Å². The molecule has 43 heavy (non-hydrogen) atoms. The van der Waals surface area contributed by atoms with E-state index in [1.807, 2.05) is 60.9 Å². The van der Waals surface area contributed by atoms with E-state index in [4.69, 9.17) is 9.47 Å². The van der Waals surface area contributed by atoms with E-state index in [1.54, 1.807) is 41.1 Å². The van der Waals surface area contributed by atoms with Gasteiger partial charge in [-0.3, -0.25) is 4.98 Å². The number of nitrogens with zero attached hydrogens (tertiary/aromatic N) is 2. The summed E-state index contributed by atoms with van der Waals surface area (Å²) in [7, 11) is -3.32. The van der Waals surface area contributed by atoms with Gasteiger partial charge in [-0.25, -0.2) is 13.2 Å². The van der Waals surface area contributed by atoms with E-state index in [-0.39, 0.29) is 23.2 Å². The lowest BCUT2D eigenvalue weighted by molar-refractivity contribution is -0.00948. The molecule has 1 aromatic heterocycles. The number of ether oxygens (including phenoxy) is 2. The van der Waals surface area contributed by atoms with E-state index in [0.717, 1.165) is 53.0 Å². The number of sulfone groups is 1. The number of aromatic nitrogens is 1. The third kappa shape index (κ3) is 7.05. The molecule has 7 nitrogen and oxygen atoms in total. The van der Waals surface area contributed by atoms with Crippen molar-refractivity contribution in [2.24, 2.45) is 0 Å². The molecule has 1 amide bonds. The van der Waals surface area contributed by atoms with Crippen LogP contribution in [0.5, 0.6) is 11.5 Å². The topological polar surface area (TPSA) is 85.8 Å². The minimum Gasteiger partial charge on any atom is -0.487 e. The lowest BCUT2D eigenvalue weighted by Crippen LogP contribution is -2.51. The maximum absolute atomic E-state index is 12.8. The first-order valence-corrected chi connectivity index (χ1v) is 17.5. The normalized spacial score (nSPS) is 15.9. The van der Waals surface area contributed by atoms with Crippen LogP contribution in [-0.2, 0) is 27.8 Å². The number of piperidine rings is 1. The number of thioether (sulfide) groups is 1. The van der Waals surface area contributed by atoms with Crippen molar-refractivity contribution < 1.29 is 22.7 Å². The fourth-order valence-corrected chi connectivity index (χ4v) is 7.60. The van der Waals surface area contributed by atoms with E-state index < -0.39 is 9.84 Å². The Hall–Kier alpha value is -3.82. The molecule has 1 spiro atoms. The Labute approximate surface area is 257 Å². The summed E-state index contributed by atoms with van der Waals surface area (Å²) < 4.78 is 37.5. The summed E-state index contributed by atoms with van der Waals surface area (Å²) in [5.74, 6) is 1.36. The number of rotatable bonds is 7. The summed E-state index contributed by atoms with van der Waals surface area (Å²) >= 11 is 1.65. The van der Waals surface area contributed by atoms with Crippen molar-refractivity contribution in [3.05, 3.63) is 108 Å². The number of carbonyl (C=O) groups is 1. The lowest BCUT2D eigenvalue weighted by Gasteiger charge is -2.44. The van der Waals surface area contributed by atoms with Crippen molar-refractivity contribution in [1.82, 2.24) is 9.88 Å². The van der Waals surface area contributed by atoms with Crippen molar-refractivity contribution >= 4 is 27.7 Å². The molecule has 0 unspecified atom stereocenters. The van der Waals surface area contributed by atoms with Crippen LogP contribution in [0.15, 0.2) is 96.0 Å². The zero-order valence-electron chi connectivity index (χ0n) is 24.1. The molecule has 0 bridgehead atoms. The Balaban J connectivity index is 1.05. The third-order valence-electron chi connectivity index (χ3n) is 8.20. The summed E-state index contributed by atoms with van der Waals surface area (Å²) in [6.45, 7) is 1.19. The number of hydrogen-bond acceptors (Lipinski definition) is 7. The summed E-state index contributed by atoms with van der Waals surface area (Å²) in [5.41, 5.74) is 4.31. The van der Waals surface area contributed by atoms with Gasteiger partial charge in [-0.1, -0.05) is 36.4 Å². The van der Waals surface area contributed by atoms with E-state index in [9.17, 15) is 13.2 Å². The molecule has 0 saturated carbocycles. The lowest BCUT2D eigenvalue weighted by atomic mass is 9.82. The van der Waals surface area contributed by atoms with Crippen LogP contribution in [0.4, 0.5) is 4.79 Å². The van der Waals surface area contributed by atoms with E-state index >= 15 is 0 Å². The molecular weight excluding hydrogens is 581 g/mol. The van der Waals surface area contributed by atoms with Crippen LogP contribution >= 0.6 is 11.8 Å². The molecule has 4 aromatic rings. The van der Waals surface area contributed by atoms with E-state index in [1.165, 1.54) is 5.56 Å². The van der Waals surface area contributed by atoms with Gasteiger partial charge in [0.2, 0.25) is 0 Å². The molecule has 222 valence electrons. The van der Waals surface area contributed by atoms with Gasteiger partial charge in [0.1, 0.15) is 17.1 Å². The predicted octanol–water partition coefficient (Wildman–Crippen LogP) is 6.94. The van der Waals surface area contributed by atoms with Gasteiger partial charge in [-0.05, 0) is 89.9 Å². The summed E-state index contributed by atoms with van der Waals surface area (Å²) in [6, 6.07) is 26.8. The van der Waals surface area contributed by atoms with Crippen LogP contribution in [0.3, 0.4) is 0 Å². The van der Waals surface area contributed by atoms with Gasteiger partial charge in [0.15, 0.2) is 9.84 Å². The molecule has 0 N–H and O–H groups in total. The molecule has 1 fully saturated rings. The molecule has 0 radical (unpaired) electrons. The molecule has 2 aliphatic heterocycles. The summed E-state index contributed by atoms with van der Waals surface area (Å²) in [4.78, 5) is 19.8. The second kappa shape index (κ2) is 12.4. The highest BCUT2D eigenvalue weighted by molar-refractivity contribution is 7.98. The highest BCUT2D eigenvalue weighted by Gasteiger charge is 2.41. The number of likely N-dealkylation sites (tertiary alicyclic amines) is 1. The fourth-order valence-electron chi connectivity index (χ4n) is 5.77. The van der Waals surface area contributed by atoms with Crippen LogP contribution in [0.2, 0.25) is 0 Å². The summed E-state index contributed by atoms with van der Waals surface area (Å²) in [5, 5.41) is 0. The Bertz CT molecular complexity index is 1680. The van der Waals surface area contributed by atoms with Gasteiger partial charge in [-0.2, -0.15) is 0 Å². The SMILES string of the molecule is CSc1ccc(OC(=O)N2CCC3(CCc4cc(-c5ccc(CS(=O)(=O)Cc6ccccn6)cc5)ccc4O3)CC2)cc1. The second-order valence-electron chi connectivity index (χ2n) is 11.2. The van der Waals surface area contributed by atoms with Crippen LogP contribution < -0.4 is 9.47 Å². The Morgan fingerprint density at radius 1 is 0.930 bits per heavy atom. The molecule has 3 aromatic carbocycles. The number of aryl methyl sites for hydroxylation is 1. The van der Waals surface area contributed by atoms with Gasteiger partial charge in [0.05, 0.1) is 17.2 Å². The van der Waals surface area contributed by atoms with Crippen molar-refractivity contribution in [3.8, 4) is 22.6 Å². The molecule has 0 atom stereocenters. The molecular formula is C34H34N2O5S2. The quantitative estimate of drug-likeness (QED) is 0.208. The average molecular weight is 615 g/mol. The van der Waals surface area contributed by atoms with Crippen LogP contribution in [-0.4, -0.2) is 49.3 Å². The second-order valence-corrected chi connectivity index (χ2v) is 14.1. The first kappa shape index (κ1) is 29.3. The van der Waals surface area contributed by atoms with Crippen LogP contribution in [0, 0.1) is 0 Å². The smallest absolute Gasteiger partial charge is 0.415 e. The van der Waals surface area contributed by atoms with Crippen molar-refractivity contribution in [2.45, 2.75) is 47.7 Å². The molecule has 1 saturated heterocycles. The number of pyridine rings is 1. The zero-order valence-corrected chi connectivity index (χ0v) is 25.7. The highest BCUT2D eigenvalue weighted by Crippen LogP contribution is 2.41. The van der Waals surface area contributed by atoms with Gasteiger partial charge in [0.25, 0.3) is 0 Å². The van der Waals surface area contributed by atoms with Gasteiger partial charge >= 0.3 is 6.09 Å². The first-order valence-electron chi connectivity index (χ1n) is 14.4. The van der Waals surface area contributed by atoms with Crippen molar-refractivity contribution in [1.29, 1.82) is 0 Å². The Kier molecular flexibility index (Phi) is 8.45. The van der Waals surface area contributed by atoms with E-state index in [2.05, 4.69) is 17.1 Å². The van der Waals surface area contributed by atoms with Crippen molar-refractivity contribution in [2.75, 3.05) is 19.3 Å². The average Bonchev–Trinajstić information content (AvgIpc) is 3.02. The van der Waals surface area contributed by atoms with Crippen LogP contribution in [0.25, 0.3) is 11.1 Å². The monoisotopic (exact) mass is 614 g/mol. The number of amides is 1. The minimum absolute atomic E-state index is 0.0234. The number of carbonyl (C=O) groups excluding carboxylic acids is 1. The predicted molar refractivity (Wildman–Crippen MR) is 169 cm³/mol. The highest BCUT2D eigenvalue weighted by atomic mass is 32.2. The number of hydrogen-bond donors (Lipinski definition) is 0. The maximum Gasteiger partial charge on any atom is 0.415 e. The largest absolute Gasteiger partial charge is 0.487 e. The number of benzene rings is 3. The summed E-state index contributed by atoms with van der Waals surface area (Å²) in [6.07, 6.45) is 6.63. The fraction of sp³-hybridized carbons (Fsp3) is 0.294. The number of fused-ring (bicyclic) bond motifs is 1. The molecule has 9 heteroatoms. The Morgan fingerprint density at radius 2 is 1.67 bits per heavy atom. The van der Waals surface area contributed by atoms with Crippen molar-refractivity contribution in [3.63, 3.8) is 0 Å². The Morgan fingerprint density at radius 3 is 2.37 bits per heavy atom. The maximum atomic E-state index is 12.8. The molecule has 2 aliphatic rings. The minimum atomic E-state index is -3.32. The molecule has 3 heterocycles. The van der Waals surface area contributed by atoms with Gasteiger partial charge in [-0.15, -0.1) is 11.8 Å². The first-order chi connectivity index (χ1) is 20.8. The van der Waals surface area contributed by atoms with Gasteiger partial charge in [0, 0.05) is 37.0 Å². The molecule has 6 rings (SSSR count). The third-order valence-corrected chi connectivity index (χ3v) is 10.5. The standard InChI is InChI=1S/C34H34N2O5S2/c1-42-31-12-10-30(11-13-31)40-33(37)36-20-17-34(18-21-36)16-15-28-22-27(9-14-32(28)41-34)26-7-5-25(6-8-26)23-43(38,39)24-29-4-2-3-19-35-29/h2-14,19,22H,15-18,20-21,23-24H2,1H3. The van der Waals surface area contributed by atoms with Gasteiger partial charge < -0.3 is 14.4 Å². The molecule has 0 aliphatic carbocycles. The van der Waals surface area contributed by atoms with Crippen LogP contribution in [0.1, 0.15) is 36.1 Å².